The topological polar surface area (TPSA) is 72.8 Å². The van der Waals surface area contributed by atoms with Crippen molar-refractivity contribution in [3.63, 3.8) is 0 Å². The molecular weight excluding hydrogens is 244 g/mol. The Labute approximate surface area is 99.6 Å². The van der Waals surface area contributed by atoms with E-state index in [9.17, 15) is 8.42 Å². The maximum Gasteiger partial charge on any atom is 0.446 e. The van der Waals surface area contributed by atoms with Gasteiger partial charge in [-0.05, 0) is 18.1 Å². The number of fused-ring (bicyclic) bond motifs is 1. The number of benzene rings is 1. The molecule has 0 bridgehead atoms. The molecule has 1 aliphatic heterocycles. The Morgan fingerprint density at radius 2 is 2.29 bits per heavy atom. The van der Waals surface area contributed by atoms with Gasteiger partial charge < -0.3 is 8.92 Å². The number of hydrogen-bond donors (Lipinski definition) is 1. The normalized spacial score (nSPS) is 13.9. The molecular formula is C11H12O5S. The molecule has 1 aliphatic rings. The molecule has 1 N–H and O–H groups in total. The van der Waals surface area contributed by atoms with E-state index in [1.165, 1.54) is 6.07 Å². The molecule has 1 aromatic carbocycles. The van der Waals surface area contributed by atoms with Gasteiger partial charge in [-0.3, -0.25) is 4.55 Å². The van der Waals surface area contributed by atoms with E-state index in [0.717, 1.165) is 5.56 Å². The van der Waals surface area contributed by atoms with Crippen LogP contribution in [0, 0.1) is 0 Å². The summed E-state index contributed by atoms with van der Waals surface area (Å²) in [6.45, 7) is 4.12. The summed E-state index contributed by atoms with van der Waals surface area (Å²) in [6.07, 6.45) is 2.93. The summed E-state index contributed by atoms with van der Waals surface area (Å²) >= 11 is 0. The highest BCUT2D eigenvalue weighted by molar-refractivity contribution is 7.81. The Balaban J connectivity index is 2.44. The predicted octanol–water partition coefficient (Wildman–Crippen LogP) is 1.53. The highest BCUT2D eigenvalue weighted by Crippen LogP contribution is 2.37. The summed E-state index contributed by atoms with van der Waals surface area (Å²) in [5, 5.41) is 0. The van der Waals surface area contributed by atoms with E-state index in [4.69, 9.17) is 9.29 Å². The summed E-state index contributed by atoms with van der Waals surface area (Å²) < 4.78 is 40.0. The zero-order valence-electron chi connectivity index (χ0n) is 9.05. The molecule has 2 rings (SSSR count). The largest absolute Gasteiger partial charge is 0.493 e. The van der Waals surface area contributed by atoms with E-state index in [-0.39, 0.29) is 5.75 Å². The molecule has 0 aromatic heterocycles. The van der Waals surface area contributed by atoms with Gasteiger partial charge in [0.1, 0.15) is 5.75 Å². The van der Waals surface area contributed by atoms with Gasteiger partial charge >= 0.3 is 10.4 Å². The van der Waals surface area contributed by atoms with Crippen LogP contribution in [0.15, 0.2) is 24.8 Å². The molecule has 92 valence electrons. The van der Waals surface area contributed by atoms with Crippen molar-refractivity contribution >= 4 is 10.4 Å². The van der Waals surface area contributed by atoms with E-state index in [1.54, 1.807) is 12.1 Å². The average molecular weight is 256 g/mol. The van der Waals surface area contributed by atoms with Crippen molar-refractivity contribution in [2.75, 3.05) is 6.61 Å². The molecule has 0 aliphatic carbocycles. The summed E-state index contributed by atoms with van der Waals surface area (Å²) in [6, 6.07) is 3.21. The second-order valence-corrected chi connectivity index (χ2v) is 4.65. The van der Waals surface area contributed by atoms with Crippen molar-refractivity contribution in [1.29, 1.82) is 0 Å². The second kappa shape index (κ2) is 4.38. The molecule has 6 heteroatoms. The highest BCUT2D eigenvalue weighted by Gasteiger charge is 2.23. The van der Waals surface area contributed by atoms with Gasteiger partial charge in [-0.15, -0.1) is 6.58 Å². The molecule has 0 radical (unpaired) electrons. The van der Waals surface area contributed by atoms with Crippen LogP contribution in [0.3, 0.4) is 0 Å². The van der Waals surface area contributed by atoms with Gasteiger partial charge in [-0.1, -0.05) is 12.1 Å². The Morgan fingerprint density at radius 1 is 1.53 bits per heavy atom. The predicted molar refractivity (Wildman–Crippen MR) is 61.7 cm³/mol. The summed E-state index contributed by atoms with van der Waals surface area (Å²) in [5.41, 5.74) is 1.59. The third-order valence-electron chi connectivity index (χ3n) is 2.46. The molecule has 17 heavy (non-hydrogen) atoms. The second-order valence-electron chi connectivity index (χ2n) is 3.63. The molecule has 0 saturated heterocycles. The van der Waals surface area contributed by atoms with Crippen LogP contribution in [0.25, 0.3) is 0 Å². The fraction of sp³-hybridized carbons (Fsp3) is 0.273. The lowest BCUT2D eigenvalue weighted by Crippen LogP contribution is -2.08. The first kappa shape index (κ1) is 11.9. The SMILES string of the molecule is C=CCc1ccc(OS(=O)(=O)O)c2c1OCC2. The van der Waals surface area contributed by atoms with Crippen LogP contribution in [0.5, 0.6) is 11.5 Å². The molecule has 0 unspecified atom stereocenters. The van der Waals surface area contributed by atoms with Crippen LogP contribution >= 0.6 is 0 Å². The van der Waals surface area contributed by atoms with Crippen molar-refractivity contribution in [3.05, 3.63) is 35.9 Å². The first-order valence-electron chi connectivity index (χ1n) is 5.06. The van der Waals surface area contributed by atoms with Gasteiger partial charge in [0.25, 0.3) is 0 Å². The lowest BCUT2D eigenvalue weighted by atomic mass is 10.0. The zero-order chi connectivity index (χ0) is 12.5. The van der Waals surface area contributed by atoms with E-state index in [0.29, 0.717) is 30.8 Å². The lowest BCUT2D eigenvalue weighted by molar-refractivity contribution is 0.354. The van der Waals surface area contributed by atoms with Gasteiger partial charge in [0.05, 0.1) is 6.61 Å². The quantitative estimate of drug-likeness (QED) is 0.653. The number of rotatable bonds is 4. The highest BCUT2D eigenvalue weighted by atomic mass is 32.3. The lowest BCUT2D eigenvalue weighted by Gasteiger charge is -2.09. The van der Waals surface area contributed by atoms with Crippen LogP contribution in [0.1, 0.15) is 11.1 Å². The number of ether oxygens (including phenoxy) is 1. The summed E-state index contributed by atoms with van der Waals surface area (Å²) in [4.78, 5) is 0. The zero-order valence-corrected chi connectivity index (χ0v) is 9.87. The van der Waals surface area contributed by atoms with Crippen LogP contribution in [-0.4, -0.2) is 19.6 Å². The van der Waals surface area contributed by atoms with Crippen molar-refractivity contribution in [2.45, 2.75) is 12.8 Å². The minimum Gasteiger partial charge on any atom is -0.493 e. The van der Waals surface area contributed by atoms with Crippen LogP contribution in [-0.2, 0) is 23.2 Å². The average Bonchev–Trinajstić information content (AvgIpc) is 2.69. The van der Waals surface area contributed by atoms with Gasteiger partial charge in [0.2, 0.25) is 0 Å². The minimum absolute atomic E-state index is 0.118. The fourth-order valence-electron chi connectivity index (χ4n) is 1.84. The van der Waals surface area contributed by atoms with E-state index in [1.807, 2.05) is 0 Å². The van der Waals surface area contributed by atoms with Gasteiger partial charge in [-0.2, -0.15) is 8.42 Å². The molecule has 0 saturated carbocycles. The molecule has 0 atom stereocenters. The van der Waals surface area contributed by atoms with E-state index >= 15 is 0 Å². The number of allylic oxidation sites excluding steroid dienone is 1. The van der Waals surface area contributed by atoms with Gasteiger partial charge in [-0.25, -0.2) is 0 Å². The van der Waals surface area contributed by atoms with E-state index < -0.39 is 10.4 Å². The van der Waals surface area contributed by atoms with Crippen molar-refractivity contribution in [3.8, 4) is 11.5 Å². The van der Waals surface area contributed by atoms with Crippen LogP contribution < -0.4 is 8.92 Å². The van der Waals surface area contributed by atoms with Crippen molar-refractivity contribution in [2.24, 2.45) is 0 Å². The van der Waals surface area contributed by atoms with Crippen molar-refractivity contribution in [1.82, 2.24) is 0 Å². The first-order chi connectivity index (χ1) is 8.01. The number of hydrogen-bond acceptors (Lipinski definition) is 4. The smallest absolute Gasteiger partial charge is 0.446 e. The Hall–Kier alpha value is -1.53. The monoisotopic (exact) mass is 256 g/mol. The summed E-state index contributed by atoms with van der Waals surface area (Å²) in [5.74, 6) is 0.749. The summed E-state index contributed by atoms with van der Waals surface area (Å²) in [7, 11) is -4.50. The molecule has 1 heterocycles. The van der Waals surface area contributed by atoms with Crippen molar-refractivity contribution < 1.29 is 21.9 Å². The fourth-order valence-corrected chi connectivity index (χ4v) is 2.22. The van der Waals surface area contributed by atoms with Crippen LogP contribution in [0.4, 0.5) is 0 Å². The molecule has 0 amide bonds. The molecule has 5 nitrogen and oxygen atoms in total. The molecule has 0 fully saturated rings. The molecule has 0 spiro atoms. The van der Waals surface area contributed by atoms with Crippen LogP contribution in [0.2, 0.25) is 0 Å². The van der Waals surface area contributed by atoms with Gasteiger partial charge in [0.15, 0.2) is 5.75 Å². The third-order valence-corrected chi connectivity index (χ3v) is 2.85. The first-order valence-corrected chi connectivity index (χ1v) is 6.43. The standard InChI is InChI=1S/C11H12O5S/c1-2-3-8-4-5-10(16-17(12,13)14)9-6-7-15-11(8)9/h2,4-5H,1,3,6-7H2,(H,12,13,14). The minimum atomic E-state index is -4.50. The Morgan fingerprint density at radius 3 is 2.94 bits per heavy atom. The van der Waals surface area contributed by atoms with E-state index in [2.05, 4.69) is 10.8 Å². The maximum absolute atomic E-state index is 10.7. The maximum atomic E-state index is 10.7. The Kier molecular flexibility index (Phi) is 3.08. The Bertz CT molecular complexity index is 547. The molecule has 1 aromatic rings. The third kappa shape index (κ3) is 2.59. The van der Waals surface area contributed by atoms with Gasteiger partial charge in [0, 0.05) is 12.0 Å².